The maximum atomic E-state index is 12.4. The van der Waals surface area contributed by atoms with Crippen LogP contribution in [0.2, 0.25) is 0 Å². The number of nitrogens with zero attached hydrogens (tertiary/aromatic N) is 5. The predicted octanol–water partition coefficient (Wildman–Crippen LogP) is 4.14. The number of aryl methyl sites for hydroxylation is 1. The molecule has 0 aliphatic rings. The molecule has 0 atom stereocenters. The van der Waals surface area contributed by atoms with Crippen molar-refractivity contribution in [1.29, 1.82) is 0 Å². The lowest BCUT2D eigenvalue weighted by Crippen LogP contribution is -2.15. The first-order valence-electron chi connectivity index (χ1n) is 9.68. The van der Waals surface area contributed by atoms with Crippen molar-refractivity contribution in [3.8, 4) is 17.1 Å². The van der Waals surface area contributed by atoms with Gasteiger partial charge in [0.2, 0.25) is 0 Å². The van der Waals surface area contributed by atoms with Crippen LogP contribution < -0.4 is 10.3 Å². The molecule has 4 aromatic rings. The van der Waals surface area contributed by atoms with Crippen molar-refractivity contribution in [2.75, 3.05) is 7.11 Å². The number of methoxy groups -OCH3 is 1. The highest BCUT2D eigenvalue weighted by atomic mass is 32.2. The zero-order valence-corrected chi connectivity index (χ0v) is 18.2. The van der Waals surface area contributed by atoms with Gasteiger partial charge in [0.1, 0.15) is 11.4 Å². The monoisotopic (exact) mass is 421 g/mol. The summed E-state index contributed by atoms with van der Waals surface area (Å²) < 4.78 is 8.92. The topological polar surface area (TPSA) is 74.3 Å². The number of benzene rings is 1. The summed E-state index contributed by atoms with van der Waals surface area (Å²) in [5.41, 5.74) is 3.27. The standard InChI is InChI=1S/C22H23N5O2S/c1-14(2)27-21(16-7-9-18(29-4)10-8-16)24-25-22(27)30-13-17-12-19(28)26-11-5-6-15(3)20(26)23-17/h5-12,14H,13H2,1-4H3. The highest BCUT2D eigenvalue weighted by Gasteiger charge is 2.17. The molecule has 0 radical (unpaired) electrons. The Morgan fingerprint density at radius 1 is 1.13 bits per heavy atom. The molecule has 1 aromatic carbocycles. The second-order valence-corrected chi connectivity index (χ2v) is 8.20. The highest BCUT2D eigenvalue weighted by molar-refractivity contribution is 7.98. The number of pyridine rings is 1. The minimum absolute atomic E-state index is 0.0800. The molecular weight excluding hydrogens is 398 g/mol. The van der Waals surface area contributed by atoms with Crippen LogP contribution in [-0.2, 0) is 5.75 Å². The molecule has 3 aromatic heterocycles. The van der Waals surface area contributed by atoms with Crippen LogP contribution >= 0.6 is 11.8 Å². The molecule has 8 heteroatoms. The van der Waals surface area contributed by atoms with Gasteiger partial charge in [-0.25, -0.2) is 4.98 Å². The van der Waals surface area contributed by atoms with Crippen LogP contribution in [-0.4, -0.2) is 31.3 Å². The van der Waals surface area contributed by atoms with Gasteiger partial charge < -0.3 is 4.74 Å². The Kier molecular flexibility index (Phi) is 5.59. The third-order valence-electron chi connectivity index (χ3n) is 4.82. The van der Waals surface area contributed by atoms with Crippen LogP contribution in [0.25, 0.3) is 17.0 Å². The van der Waals surface area contributed by atoms with E-state index in [4.69, 9.17) is 4.74 Å². The molecule has 0 spiro atoms. The van der Waals surface area contributed by atoms with Gasteiger partial charge in [-0.15, -0.1) is 10.2 Å². The van der Waals surface area contributed by atoms with Crippen LogP contribution in [0.4, 0.5) is 0 Å². The summed E-state index contributed by atoms with van der Waals surface area (Å²) in [5.74, 6) is 2.14. The summed E-state index contributed by atoms with van der Waals surface area (Å²) in [6, 6.07) is 13.3. The molecule has 0 saturated carbocycles. The Balaban J connectivity index is 1.64. The van der Waals surface area contributed by atoms with E-state index < -0.39 is 0 Å². The first-order chi connectivity index (χ1) is 14.5. The fraction of sp³-hybridized carbons (Fsp3) is 0.273. The van der Waals surface area contributed by atoms with E-state index in [9.17, 15) is 4.79 Å². The van der Waals surface area contributed by atoms with E-state index in [1.807, 2.05) is 43.3 Å². The average Bonchev–Trinajstić information content (AvgIpc) is 3.17. The minimum atomic E-state index is -0.0800. The average molecular weight is 422 g/mol. The van der Waals surface area contributed by atoms with Crippen molar-refractivity contribution in [3.05, 3.63) is 70.3 Å². The van der Waals surface area contributed by atoms with E-state index in [1.165, 1.54) is 11.8 Å². The molecule has 0 unspecified atom stereocenters. The van der Waals surface area contributed by atoms with E-state index in [0.717, 1.165) is 33.6 Å². The summed E-state index contributed by atoms with van der Waals surface area (Å²) in [7, 11) is 1.65. The molecule has 30 heavy (non-hydrogen) atoms. The molecule has 7 nitrogen and oxygen atoms in total. The fourth-order valence-electron chi connectivity index (χ4n) is 3.30. The third kappa shape index (κ3) is 3.82. The maximum absolute atomic E-state index is 12.4. The van der Waals surface area contributed by atoms with Gasteiger partial charge in [-0.1, -0.05) is 17.8 Å². The van der Waals surface area contributed by atoms with Crippen molar-refractivity contribution in [2.24, 2.45) is 0 Å². The molecule has 0 saturated heterocycles. The molecule has 3 heterocycles. The van der Waals surface area contributed by atoms with Gasteiger partial charge >= 0.3 is 0 Å². The summed E-state index contributed by atoms with van der Waals surface area (Å²) in [4.78, 5) is 17.1. The number of rotatable bonds is 6. The van der Waals surface area contributed by atoms with E-state index in [0.29, 0.717) is 11.4 Å². The first-order valence-corrected chi connectivity index (χ1v) is 10.7. The Hall–Kier alpha value is -3.13. The quantitative estimate of drug-likeness (QED) is 0.436. The highest BCUT2D eigenvalue weighted by Crippen LogP contribution is 2.30. The largest absolute Gasteiger partial charge is 0.497 e. The third-order valence-corrected chi connectivity index (χ3v) is 5.79. The van der Waals surface area contributed by atoms with Crippen molar-refractivity contribution < 1.29 is 4.74 Å². The van der Waals surface area contributed by atoms with Crippen LogP contribution in [0.5, 0.6) is 5.75 Å². The molecule has 0 amide bonds. The van der Waals surface area contributed by atoms with Crippen LogP contribution in [0.1, 0.15) is 31.1 Å². The Bertz CT molecular complexity index is 1240. The van der Waals surface area contributed by atoms with Gasteiger partial charge in [0, 0.05) is 29.6 Å². The van der Waals surface area contributed by atoms with E-state index >= 15 is 0 Å². The van der Waals surface area contributed by atoms with Crippen LogP contribution in [0.3, 0.4) is 0 Å². The molecule has 0 N–H and O–H groups in total. The number of fused-ring (bicyclic) bond motifs is 1. The summed E-state index contributed by atoms with van der Waals surface area (Å²) in [5, 5.41) is 9.62. The number of aromatic nitrogens is 5. The SMILES string of the molecule is COc1ccc(-c2nnc(SCc3cc(=O)n4cccc(C)c4n3)n2C(C)C)cc1. The lowest BCUT2D eigenvalue weighted by molar-refractivity contribution is 0.415. The van der Waals surface area contributed by atoms with E-state index in [1.54, 1.807) is 23.8 Å². The second-order valence-electron chi connectivity index (χ2n) is 7.26. The van der Waals surface area contributed by atoms with Crippen molar-refractivity contribution in [1.82, 2.24) is 24.1 Å². The smallest absolute Gasteiger partial charge is 0.258 e. The maximum Gasteiger partial charge on any atom is 0.258 e. The number of ether oxygens (including phenoxy) is 1. The second kappa shape index (κ2) is 8.31. The molecule has 0 fully saturated rings. The molecule has 0 bridgehead atoms. The fourth-order valence-corrected chi connectivity index (χ4v) is 4.26. The lowest BCUT2D eigenvalue weighted by atomic mass is 10.2. The van der Waals surface area contributed by atoms with Crippen molar-refractivity contribution in [3.63, 3.8) is 0 Å². The molecule has 0 aliphatic heterocycles. The minimum Gasteiger partial charge on any atom is -0.497 e. The van der Waals surface area contributed by atoms with E-state index in [2.05, 4.69) is 33.6 Å². The van der Waals surface area contributed by atoms with E-state index in [-0.39, 0.29) is 11.6 Å². The van der Waals surface area contributed by atoms with Crippen molar-refractivity contribution >= 4 is 17.4 Å². The van der Waals surface area contributed by atoms with Gasteiger partial charge in [0.25, 0.3) is 5.56 Å². The number of hydrogen-bond acceptors (Lipinski definition) is 6. The van der Waals surface area contributed by atoms with Gasteiger partial charge in [-0.2, -0.15) is 0 Å². The normalized spacial score (nSPS) is 11.4. The lowest BCUT2D eigenvalue weighted by Gasteiger charge is -2.14. The number of hydrogen-bond donors (Lipinski definition) is 0. The zero-order valence-electron chi connectivity index (χ0n) is 17.4. The zero-order chi connectivity index (χ0) is 21.3. The molecule has 4 rings (SSSR count). The van der Waals surface area contributed by atoms with Gasteiger partial charge in [-0.3, -0.25) is 13.8 Å². The molecule has 154 valence electrons. The molecular formula is C22H23N5O2S. The summed E-state index contributed by atoms with van der Waals surface area (Å²) in [6.07, 6.45) is 1.74. The predicted molar refractivity (Wildman–Crippen MR) is 118 cm³/mol. The number of thioether (sulfide) groups is 1. The Morgan fingerprint density at radius 2 is 1.90 bits per heavy atom. The first kappa shape index (κ1) is 20.2. The van der Waals surface area contributed by atoms with Crippen molar-refractivity contribution in [2.45, 2.75) is 37.7 Å². The molecule has 0 aliphatic carbocycles. The van der Waals surface area contributed by atoms with Gasteiger partial charge in [-0.05, 0) is 56.7 Å². The summed E-state index contributed by atoms with van der Waals surface area (Å²) in [6.45, 7) is 6.16. The summed E-state index contributed by atoms with van der Waals surface area (Å²) >= 11 is 1.53. The Labute approximate surface area is 178 Å². The van der Waals surface area contributed by atoms with Crippen LogP contribution in [0.15, 0.2) is 58.6 Å². The van der Waals surface area contributed by atoms with Gasteiger partial charge in [0.15, 0.2) is 11.0 Å². The van der Waals surface area contributed by atoms with Crippen LogP contribution in [0, 0.1) is 6.92 Å². The van der Waals surface area contributed by atoms with Gasteiger partial charge in [0.05, 0.1) is 12.8 Å². The Morgan fingerprint density at radius 3 is 2.60 bits per heavy atom.